The molecule has 0 spiro atoms. The van der Waals surface area contributed by atoms with Crippen molar-refractivity contribution < 1.29 is 4.74 Å². The average molecular weight is 283 g/mol. The van der Waals surface area contributed by atoms with Gasteiger partial charge in [0.05, 0.1) is 17.6 Å². The van der Waals surface area contributed by atoms with Gasteiger partial charge in [-0.25, -0.2) is 0 Å². The van der Waals surface area contributed by atoms with E-state index in [0.29, 0.717) is 6.61 Å². The summed E-state index contributed by atoms with van der Waals surface area (Å²) in [7, 11) is 0. The number of benzene rings is 1. The Morgan fingerprint density at radius 3 is 3.06 bits per heavy atom. The van der Waals surface area contributed by atoms with Crippen LogP contribution in [0.4, 0.5) is 0 Å². The molecule has 0 saturated heterocycles. The number of H-pyrrole nitrogens is 1. The van der Waals surface area contributed by atoms with E-state index >= 15 is 0 Å². The Bertz CT molecular complexity index is 615. The van der Waals surface area contributed by atoms with Gasteiger partial charge in [-0.15, -0.1) is 0 Å². The van der Waals surface area contributed by atoms with Crippen LogP contribution in [0.1, 0.15) is 12.8 Å². The standard InChI is InChI=1S/C13H15ClN2OS/c14-10-3-4-11-12(7-10)16(13(18)15-11)5-6-17-8-9-1-2-9/h3-4,7,9H,1-2,5-6,8H2,(H,15,18). The average Bonchev–Trinajstić information content (AvgIpc) is 3.11. The van der Waals surface area contributed by atoms with Crippen LogP contribution in [0, 0.1) is 10.7 Å². The summed E-state index contributed by atoms with van der Waals surface area (Å²) in [4.78, 5) is 3.18. The van der Waals surface area contributed by atoms with E-state index in [4.69, 9.17) is 28.6 Å². The number of nitrogens with zero attached hydrogens (tertiary/aromatic N) is 1. The van der Waals surface area contributed by atoms with Crippen LogP contribution in [0.3, 0.4) is 0 Å². The van der Waals surface area contributed by atoms with Crippen molar-refractivity contribution >= 4 is 34.9 Å². The fraction of sp³-hybridized carbons (Fsp3) is 0.462. The summed E-state index contributed by atoms with van der Waals surface area (Å²) >= 11 is 11.3. The third-order valence-electron chi connectivity index (χ3n) is 3.25. The maximum atomic E-state index is 6.02. The second kappa shape index (κ2) is 5.03. The maximum absolute atomic E-state index is 6.02. The molecular formula is C13H15ClN2OS. The maximum Gasteiger partial charge on any atom is 0.178 e. The van der Waals surface area contributed by atoms with Crippen LogP contribution >= 0.6 is 23.8 Å². The second-order valence-electron chi connectivity index (χ2n) is 4.76. The first-order chi connectivity index (χ1) is 8.74. The summed E-state index contributed by atoms with van der Waals surface area (Å²) in [6, 6.07) is 5.75. The molecular weight excluding hydrogens is 268 g/mol. The first-order valence-corrected chi connectivity index (χ1v) is 6.98. The predicted octanol–water partition coefficient (Wildman–Crippen LogP) is 3.78. The van der Waals surface area contributed by atoms with Gasteiger partial charge in [-0.1, -0.05) is 11.6 Å². The van der Waals surface area contributed by atoms with Crippen molar-refractivity contribution in [3.8, 4) is 0 Å². The molecule has 0 atom stereocenters. The largest absolute Gasteiger partial charge is 0.379 e. The van der Waals surface area contributed by atoms with Gasteiger partial charge < -0.3 is 14.3 Å². The topological polar surface area (TPSA) is 29.9 Å². The molecule has 0 amide bonds. The van der Waals surface area contributed by atoms with Crippen LogP contribution in [0.25, 0.3) is 11.0 Å². The van der Waals surface area contributed by atoms with Crippen molar-refractivity contribution in [1.82, 2.24) is 9.55 Å². The third-order valence-corrected chi connectivity index (χ3v) is 3.80. The highest BCUT2D eigenvalue weighted by Gasteiger charge is 2.20. The number of halogens is 1. The molecule has 0 radical (unpaired) electrons. The second-order valence-corrected chi connectivity index (χ2v) is 5.58. The molecule has 0 aliphatic heterocycles. The Morgan fingerprint density at radius 1 is 1.44 bits per heavy atom. The minimum Gasteiger partial charge on any atom is -0.379 e. The number of nitrogens with one attached hydrogen (secondary N) is 1. The van der Waals surface area contributed by atoms with Crippen molar-refractivity contribution in [2.24, 2.45) is 5.92 Å². The number of fused-ring (bicyclic) bond motifs is 1. The lowest BCUT2D eigenvalue weighted by atomic mass is 10.3. The summed E-state index contributed by atoms with van der Waals surface area (Å²) in [5.41, 5.74) is 2.06. The zero-order chi connectivity index (χ0) is 12.5. The molecule has 3 nitrogen and oxygen atoms in total. The molecule has 18 heavy (non-hydrogen) atoms. The zero-order valence-corrected chi connectivity index (χ0v) is 11.6. The van der Waals surface area contributed by atoms with Crippen molar-refractivity contribution in [2.45, 2.75) is 19.4 Å². The van der Waals surface area contributed by atoms with E-state index < -0.39 is 0 Å². The lowest BCUT2D eigenvalue weighted by molar-refractivity contribution is 0.117. The molecule has 1 heterocycles. The Labute approximate surface area is 116 Å². The highest BCUT2D eigenvalue weighted by molar-refractivity contribution is 7.71. The number of aromatic nitrogens is 2. The summed E-state index contributed by atoms with van der Waals surface area (Å²) in [5.74, 6) is 0.801. The van der Waals surface area contributed by atoms with Crippen molar-refractivity contribution in [3.05, 3.63) is 28.0 Å². The van der Waals surface area contributed by atoms with Gasteiger partial charge in [-0.3, -0.25) is 0 Å². The monoisotopic (exact) mass is 282 g/mol. The molecule has 1 aromatic heterocycles. The third kappa shape index (κ3) is 2.60. The lowest BCUT2D eigenvalue weighted by Crippen LogP contribution is -2.07. The van der Waals surface area contributed by atoms with E-state index in [0.717, 1.165) is 39.9 Å². The van der Waals surface area contributed by atoms with Gasteiger partial charge in [0.25, 0.3) is 0 Å². The molecule has 5 heteroatoms. The van der Waals surface area contributed by atoms with Crippen molar-refractivity contribution in [3.63, 3.8) is 0 Å². The molecule has 1 fully saturated rings. The first-order valence-electron chi connectivity index (χ1n) is 6.20. The lowest BCUT2D eigenvalue weighted by Gasteiger charge is -2.05. The molecule has 2 aromatic rings. The van der Waals surface area contributed by atoms with E-state index in [2.05, 4.69) is 4.98 Å². The molecule has 0 bridgehead atoms. The number of ether oxygens (including phenoxy) is 1. The van der Waals surface area contributed by atoms with E-state index in [-0.39, 0.29) is 0 Å². The van der Waals surface area contributed by atoms with Gasteiger partial charge in [0, 0.05) is 18.2 Å². The Balaban J connectivity index is 1.74. The van der Waals surface area contributed by atoms with Crippen LogP contribution in [0.15, 0.2) is 18.2 Å². The van der Waals surface area contributed by atoms with Gasteiger partial charge in [0.15, 0.2) is 4.77 Å². The normalized spacial score (nSPS) is 15.4. The van der Waals surface area contributed by atoms with Crippen LogP contribution in [0.5, 0.6) is 0 Å². The number of imidazole rings is 1. The van der Waals surface area contributed by atoms with E-state index in [1.165, 1.54) is 12.8 Å². The van der Waals surface area contributed by atoms with Crippen LogP contribution in [-0.4, -0.2) is 22.8 Å². The molecule has 1 aliphatic rings. The fourth-order valence-corrected chi connectivity index (χ4v) is 2.50. The fourth-order valence-electron chi connectivity index (χ4n) is 2.04. The molecule has 3 rings (SSSR count). The number of hydrogen-bond donors (Lipinski definition) is 1. The number of rotatable bonds is 5. The minimum absolute atomic E-state index is 0.699. The first kappa shape index (κ1) is 12.2. The summed E-state index contributed by atoms with van der Waals surface area (Å²) < 4.78 is 8.42. The van der Waals surface area contributed by atoms with Crippen molar-refractivity contribution in [1.29, 1.82) is 0 Å². The van der Waals surface area contributed by atoms with Gasteiger partial charge in [0.2, 0.25) is 0 Å². The highest BCUT2D eigenvalue weighted by atomic mass is 35.5. The highest BCUT2D eigenvalue weighted by Crippen LogP contribution is 2.28. The molecule has 0 unspecified atom stereocenters. The number of hydrogen-bond acceptors (Lipinski definition) is 2. The predicted molar refractivity (Wildman–Crippen MR) is 75.7 cm³/mol. The van der Waals surface area contributed by atoms with Gasteiger partial charge in [0.1, 0.15) is 0 Å². The van der Waals surface area contributed by atoms with E-state index in [9.17, 15) is 0 Å². The Hall–Kier alpha value is -0.840. The zero-order valence-electron chi connectivity index (χ0n) is 9.99. The van der Waals surface area contributed by atoms with Crippen LogP contribution in [0.2, 0.25) is 5.02 Å². The molecule has 1 aliphatic carbocycles. The SMILES string of the molecule is S=c1[nH]c2ccc(Cl)cc2n1CCOCC1CC1. The molecule has 1 saturated carbocycles. The summed E-state index contributed by atoms with van der Waals surface area (Å²) in [5, 5.41) is 0.726. The smallest absolute Gasteiger partial charge is 0.178 e. The van der Waals surface area contributed by atoms with Gasteiger partial charge >= 0.3 is 0 Å². The van der Waals surface area contributed by atoms with Crippen LogP contribution in [-0.2, 0) is 11.3 Å². The molecule has 1 N–H and O–H groups in total. The summed E-state index contributed by atoms with van der Waals surface area (Å²) in [6.07, 6.45) is 2.64. The Morgan fingerprint density at radius 2 is 2.28 bits per heavy atom. The summed E-state index contributed by atoms with van der Waals surface area (Å²) in [6.45, 7) is 2.35. The Kier molecular flexibility index (Phi) is 3.41. The van der Waals surface area contributed by atoms with Crippen LogP contribution < -0.4 is 0 Å². The molecule has 96 valence electrons. The molecule has 1 aromatic carbocycles. The van der Waals surface area contributed by atoms with E-state index in [1.807, 2.05) is 22.8 Å². The quantitative estimate of drug-likeness (QED) is 0.668. The van der Waals surface area contributed by atoms with Gasteiger partial charge in [-0.05, 0) is 49.2 Å². The van der Waals surface area contributed by atoms with Crippen molar-refractivity contribution in [2.75, 3.05) is 13.2 Å². The van der Waals surface area contributed by atoms with Gasteiger partial charge in [-0.2, -0.15) is 0 Å². The van der Waals surface area contributed by atoms with E-state index in [1.54, 1.807) is 0 Å². The minimum atomic E-state index is 0.699. The number of aromatic amines is 1.